The van der Waals surface area contributed by atoms with E-state index in [1.165, 1.54) is 6.92 Å². The lowest BCUT2D eigenvalue weighted by Crippen LogP contribution is -2.53. The Hall–Kier alpha value is -2.08. The van der Waals surface area contributed by atoms with Gasteiger partial charge in [-0.15, -0.1) is 11.6 Å². The number of anilines is 1. The molecule has 1 atom stereocenters. The highest BCUT2D eigenvalue weighted by molar-refractivity contribution is 6.29. The van der Waals surface area contributed by atoms with Gasteiger partial charge in [-0.3, -0.25) is 14.4 Å². The number of para-hydroxylation sites is 1. The van der Waals surface area contributed by atoms with E-state index in [-0.39, 0.29) is 35.7 Å². The van der Waals surface area contributed by atoms with Crippen LogP contribution in [0.2, 0.25) is 0 Å². The van der Waals surface area contributed by atoms with Crippen LogP contribution in [0.25, 0.3) is 0 Å². The van der Waals surface area contributed by atoms with Gasteiger partial charge in [0.05, 0.1) is 0 Å². The van der Waals surface area contributed by atoms with Gasteiger partial charge in [-0.25, -0.2) is 0 Å². The minimum atomic E-state index is -0.325. The van der Waals surface area contributed by atoms with Gasteiger partial charge >= 0.3 is 0 Å². The van der Waals surface area contributed by atoms with Crippen molar-refractivity contribution in [3.05, 3.63) is 30.3 Å². The Bertz CT molecular complexity index is 689. The van der Waals surface area contributed by atoms with E-state index < -0.39 is 0 Å². The van der Waals surface area contributed by atoms with Crippen LogP contribution in [0.1, 0.15) is 32.6 Å². The van der Waals surface area contributed by atoms with Crippen molar-refractivity contribution in [2.24, 2.45) is 0 Å². The molecule has 0 radical (unpaired) electrons. The molecule has 1 aromatic rings. The topological polar surface area (TPSA) is 60.9 Å². The molecule has 7 heteroatoms. The summed E-state index contributed by atoms with van der Waals surface area (Å²) < 4.78 is 0. The summed E-state index contributed by atoms with van der Waals surface area (Å²) >= 11 is 5.83. The van der Waals surface area contributed by atoms with E-state index in [9.17, 15) is 14.4 Å². The predicted octanol–water partition coefficient (Wildman–Crippen LogP) is 2.26. The SMILES string of the molecule is CC(=O)N1CCCC1C(=O)N1CCC(N(C(=O)CCl)c2ccccc2)CC1. The Balaban J connectivity index is 1.66. The molecule has 2 aliphatic heterocycles. The first-order valence-electron chi connectivity index (χ1n) is 9.52. The van der Waals surface area contributed by atoms with Gasteiger partial charge in [0.2, 0.25) is 17.7 Å². The van der Waals surface area contributed by atoms with Gasteiger partial charge in [0, 0.05) is 38.3 Å². The summed E-state index contributed by atoms with van der Waals surface area (Å²) in [6.45, 7) is 3.36. The monoisotopic (exact) mass is 391 g/mol. The summed E-state index contributed by atoms with van der Waals surface area (Å²) in [7, 11) is 0. The highest BCUT2D eigenvalue weighted by Crippen LogP contribution is 2.26. The van der Waals surface area contributed by atoms with Crippen LogP contribution in [-0.2, 0) is 14.4 Å². The molecule has 6 nitrogen and oxygen atoms in total. The van der Waals surface area contributed by atoms with Crippen molar-refractivity contribution < 1.29 is 14.4 Å². The number of alkyl halides is 1. The summed E-state index contributed by atoms with van der Waals surface area (Å²) in [6, 6.07) is 9.23. The third-order valence-corrected chi connectivity index (χ3v) is 5.73. The molecular formula is C20H26ClN3O3. The van der Waals surface area contributed by atoms with Crippen LogP contribution in [0.3, 0.4) is 0 Å². The highest BCUT2D eigenvalue weighted by atomic mass is 35.5. The zero-order valence-corrected chi connectivity index (χ0v) is 16.4. The average molecular weight is 392 g/mol. The van der Waals surface area contributed by atoms with E-state index in [4.69, 9.17) is 11.6 Å². The second-order valence-electron chi connectivity index (χ2n) is 7.16. The molecule has 3 amide bonds. The van der Waals surface area contributed by atoms with Crippen molar-refractivity contribution in [2.45, 2.75) is 44.7 Å². The largest absolute Gasteiger partial charge is 0.341 e. The number of hydrogen-bond acceptors (Lipinski definition) is 3. The maximum atomic E-state index is 12.9. The number of piperidine rings is 1. The van der Waals surface area contributed by atoms with E-state index in [0.717, 1.165) is 18.5 Å². The summed E-state index contributed by atoms with van der Waals surface area (Å²) in [4.78, 5) is 42.4. The first-order valence-corrected chi connectivity index (χ1v) is 10.1. The molecule has 0 saturated carbocycles. The van der Waals surface area contributed by atoms with Gasteiger partial charge < -0.3 is 14.7 Å². The highest BCUT2D eigenvalue weighted by Gasteiger charge is 2.37. The third kappa shape index (κ3) is 4.26. The zero-order valence-electron chi connectivity index (χ0n) is 15.6. The summed E-state index contributed by atoms with van der Waals surface area (Å²) in [5, 5.41) is 0. The molecule has 27 heavy (non-hydrogen) atoms. The fraction of sp³-hybridized carbons (Fsp3) is 0.550. The van der Waals surface area contributed by atoms with Gasteiger partial charge in [0.15, 0.2) is 0 Å². The minimum Gasteiger partial charge on any atom is -0.341 e. The fourth-order valence-corrected chi connectivity index (χ4v) is 4.30. The van der Waals surface area contributed by atoms with Crippen molar-refractivity contribution in [3.8, 4) is 0 Å². The summed E-state index contributed by atoms with van der Waals surface area (Å²) in [5.74, 6) is -0.185. The van der Waals surface area contributed by atoms with Crippen LogP contribution in [0.4, 0.5) is 5.69 Å². The number of benzene rings is 1. The molecule has 2 fully saturated rings. The molecular weight excluding hydrogens is 366 g/mol. The molecule has 3 rings (SSSR count). The Morgan fingerprint density at radius 2 is 1.74 bits per heavy atom. The van der Waals surface area contributed by atoms with E-state index in [2.05, 4.69) is 0 Å². The second kappa shape index (κ2) is 8.74. The van der Waals surface area contributed by atoms with Crippen LogP contribution in [-0.4, -0.2) is 65.1 Å². The quantitative estimate of drug-likeness (QED) is 0.739. The van der Waals surface area contributed by atoms with Gasteiger partial charge in [-0.1, -0.05) is 18.2 Å². The van der Waals surface area contributed by atoms with Gasteiger partial charge in [-0.05, 0) is 37.8 Å². The van der Waals surface area contributed by atoms with Crippen molar-refractivity contribution in [1.82, 2.24) is 9.80 Å². The van der Waals surface area contributed by atoms with Crippen LogP contribution in [0, 0.1) is 0 Å². The van der Waals surface area contributed by atoms with Crippen LogP contribution >= 0.6 is 11.6 Å². The van der Waals surface area contributed by atoms with E-state index in [1.54, 1.807) is 9.80 Å². The van der Waals surface area contributed by atoms with Crippen LogP contribution in [0.5, 0.6) is 0 Å². The van der Waals surface area contributed by atoms with Crippen LogP contribution < -0.4 is 4.90 Å². The van der Waals surface area contributed by atoms with Crippen LogP contribution in [0.15, 0.2) is 30.3 Å². The molecule has 0 bridgehead atoms. The number of halogens is 1. The smallest absolute Gasteiger partial charge is 0.245 e. The van der Waals surface area contributed by atoms with Gasteiger partial charge in [0.25, 0.3) is 0 Å². The molecule has 0 aromatic heterocycles. The standard InChI is InChI=1S/C20H26ClN3O3/c1-15(25)23-11-5-8-18(23)20(27)22-12-9-17(10-13-22)24(19(26)14-21)16-6-3-2-4-7-16/h2-4,6-7,17-18H,5,8-14H2,1H3. The molecule has 2 saturated heterocycles. The second-order valence-corrected chi connectivity index (χ2v) is 7.43. The number of amides is 3. The molecule has 2 heterocycles. The number of rotatable bonds is 4. The molecule has 1 unspecified atom stereocenters. The lowest BCUT2D eigenvalue weighted by atomic mass is 10.0. The Morgan fingerprint density at radius 1 is 1.07 bits per heavy atom. The van der Waals surface area contributed by atoms with Crippen molar-refractivity contribution in [1.29, 1.82) is 0 Å². The first-order chi connectivity index (χ1) is 13.0. The Morgan fingerprint density at radius 3 is 2.33 bits per heavy atom. The maximum absolute atomic E-state index is 12.9. The van der Waals surface area contributed by atoms with Crippen molar-refractivity contribution in [2.75, 3.05) is 30.4 Å². The Kier molecular flexibility index (Phi) is 6.37. The summed E-state index contributed by atoms with van der Waals surface area (Å²) in [6.07, 6.45) is 3.02. The predicted molar refractivity (Wildman–Crippen MR) is 105 cm³/mol. The van der Waals surface area contributed by atoms with E-state index in [1.807, 2.05) is 35.2 Å². The maximum Gasteiger partial charge on any atom is 0.245 e. The van der Waals surface area contributed by atoms with E-state index >= 15 is 0 Å². The molecule has 0 N–H and O–H groups in total. The number of hydrogen-bond donors (Lipinski definition) is 0. The molecule has 2 aliphatic rings. The first kappa shape index (κ1) is 19.7. The minimum absolute atomic E-state index is 0.0233. The number of likely N-dealkylation sites (tertiary alicyclic amines) is 2. The fourth-order valence-electron chi connectivity index (χ4n) is 4.17. The molecule has 0 aliphatic carbocycles. The van der Waals surface area contributed by atoms with E-state index in [0.29, 0.717) is 32.5 Å². The normalized spacial score (nSPS) is 20.6. The summed E-state index contributed by atoms with van der Waals surface area (Å²) in [5.41, 5.74) is 0.839. The van der Waals surface area contributed by atoms with Gasteiger partial charge in [-0.2, -0.15) is 0 Å². The molecule has 0 spiro atoms. The lowest BCUT2D eigenvalue weighted by Gasteiger charge is -2.39. The average Bonchev–Trinajstić information content (AvgIpc) is 3.19. The van der Waals surface area contributed by atoms with Crippen molar-refractivity contribution >= 4 is 35.0 Å². The Labute approximate surface area is 165 Å². The zero-order chi connectivity index (χ0) is 19.4. The lowest BCUT2D eigenvalue weighted by molar-refractivity contribution is -0.143. The molecule has 146 valence electrons. The molecule has 1 aromatic carbocycles. The third-order valence-electron chi connectivity index (χ3n) is 5.50. The van der Waals surface area contributed by atoms with Crippen molar-refractivity contribution in [3.63, 3.8) is 0 Å². The number of carbonyl (C=O) groups excluding carboxylic acids is 3. The number of nitrogens with zero attached hydrogens (tertiary/aromatic N) is 3. The van der Waals surface area contributed by atoms with Gasteiger partial charge in [0.1, 0.15) is 11.9 Å². The number of carbonyl (C=O) groups is 3.